The summed E-state index contributed by atoms with van der Waals surface area (Å²) in [5.74, 6) is -1.05. The topological polar surface area (TPSA) is 75.2 Å². The van der Waals surface area contributed by atoms with E-state index < -0.39 is 5.97 Å². The van der Waals surface area contributed by atoms with Gasteiger partial charge in [0.15, 0.2) is 0 Å². The highest BCUT2D eigenvalue weighted by Crippen LogP contribution is 2.02. The number of methoxy groups -OCH3 is 1. The van der Waals surface area contributed by atoms with E-state index in [1.165, 1.54) is 13.3 Å². The zero-order valence-electron chi connectivity index (χ0n) is 5.29. The van der Waals surface area contributed by atoms with E-state index in [-0.39, 0.29) is 11.7 Å². The quantitative estimate of drug-likeness (QED) is 0.614. The Labute approximate surface area is 56.7 Å². The van der Waals surface area contributed by atoms with Gasteiger partial charge in [-0.05, 0) is 0 Å². The van der Waals surface area contributed by atoms with Gasteiger partial charge in [-0.15, -0.1) is 0 Å². The van der Waals surface area contributed by atoms with Crippen molar-refractivity contribution in [2.45, 2.75) is 0 Å². The third-order valence-corrected chi connectivity index (χ3v) is 0.976. The van der Waals surface area contributed by atoms with Crippen LogP contribution < -0.4 is 4.74 Å². The van der Waals surface area contributed by atoms with Gasteiger partial charge in [-0.1, -0.05) is 0 Å². The molecule has 1 aromatic heterocycles. The van der Waals surface area contributed by atoms with Gasteiger partial charge in [-0.3, -0.25) is 0 Å². The number of nitrogens with zero attached hydrogens (tertiary/aromatic N) is 1. The van der Waals surface area contributed by atoms with Crippen molar-refractivity contribution in [2.75, 3.05) is 7.11 Å². The number of ether oxygens (including phenoxy) is 1. The van der Waals surface area contributed by atoms with Crippen LogP contribution in [0.1, 0.15) is 10.5 Å². The molecule has 0 fully saturated rings. The summed E-state index contributed by atoms with van der Waals surface area (Å²) in [7, 11) is 1.41. The second-order valence-electron chi connectivity index (χ2n) is 1.61. The molecule has 1 aromatic rings. The van der Waals surface area contributed by atoms with E-state index in [0.29, 0.717) is 0 Å². The summed E-state index contributed by atoms with van der Waals surface area (Å²) in [6.45, 7) is 0. The van der Waals surface area contributed by atoms with Crippen LogP contribution >= 0.6 is 0 Å². The van der Waals surface area contributed by atoms with Gasteiger partial charge in [0.05, 0.1) is 13.3 Å². The van der Waals surface area contributed by atoms with Crippen LogP contribution in [0.15, 0.2) is 6.20 Å². The van der Waals surface area contributed by atoms with Crippen molar-refractivity contribution in [3.05, 3.63) is 11.9 Å². The highest BCUT2D eigenvalue weighted by atomic mass is 16.5. The Morgan fingerprint density at radius 2 is 2.60 bits per heavy atom. The standard InChI is InChI=1S/C5H6N2O3/c1-10-5-6-2-3(7-5)4(8)9/h2H,1H3,(H,6,7)(H,8,9). The number of aromatic nitrogens is 2. The molecular weight excluding hydrogens is 136 g/mol. The molecule has 10 heavy (non-hydrogen) atoms. The molecule has 0 bridgehead atoms. The number of carboxylic acids is 1. The molecule has 0 unspecified atom stereocenters. The van der Waals surface area contributed by atoms with Crippen molar-refractivity contribution in [1.29, 1.82) is 0 Å². The Morgan fingerprint density at radius 3 is 2.90 bits per heavy atom. The summed E-state index contributed by atoms with van der Waals surface area (Å²) < 4.78 is 4.62. The van der Waals surface area contributed by atoms with Crippen molar-refractivity contribution >= 4 is 5.97 Å². The zero-order valence-corrected chi connectivity index (χ0v) is 5.29. The normalized spacial score (nSPS) is 9.30. The average Bonchev–Trinajstić information content (AvgIpc) is 2.34. The smallest absolute Gasteiger partial charge is 0.354 e. The number of carbonyl (C=O) groups is 1. The lowest BCUT2D eigenvalue weighted by Crippen LogP contribution is -1.95. The number of imidazole rings is 1. The monoisotopic (exact) mass is 142 g/mol. The molecule has 0 saturated heterocycles. The third kappa shape index (κ3) is 1.07. The van der Waals surface area contributed by atoms with Crippen molar-refractivity contribution in [3.8, 4) is 6.01 Å². The number of nitrogens with one attached hydrogen (secondary N) is 1. The Balaban J connectivity index is 2.88. The highest BCUT2D eigenvalue weighted by molar-refractivity contribution is 5.85. The van der Waals surface area contributed by atoms with E-state index in [1.807, 2.05) is 0 Å². The molecule has 1 rings (SSSR count). The molecule has 1 heterocycles. The predicted molar refractivity (Wildman–Crippen MR) is 32.1 cm³/mol. The number of carboxylic acid groups (broad SMARTS) is 1. The summed E-state index contributed by atoms with van der Waals surface area (Å²) in [6, 6.07) is 0.206. The second-order valence-corrected chi connectivity index (χ2v) is 1.61. The van der Waals surface area contributed by atoms with Crippen LogP contribution in [0.3, 0.4) is 0 Å². The molecule has 0 saturated carbocycles. The summed E-state index contributed by atoms with van der Waals surface area (Å²) in [5, 5.41) is 8.37. The van der Waals surface area contributed by atoms with Crippen LogP contribution in [0.2, 0.25) is 0 Å². The Hall–Kier alpha value is -1.52. The van der Waals surface area contributed by atoms with Gasteiger partial charge in [-0.2, -0.15) is 0 Å². The maximum absolute atomic E-state index is 10.2. The van der Waals surface area contributed by atoms with Gasteiger partial charge in [0.1, 0.15) is 5.69 Å². The number of aromatic carboxylic acids is 1. The molecule has 0 atom stereocenters. The molecule has 0 aliphatic carbocycles. The fraction of sp³-hybridized carbons (Fsp3) is 0.200. The summed E-state index contributed by atoms with van der Waals surface area (Å²) in [4.78, 5) is 16.2. The van der Waals surface area contributed by atoms with E-state index in [0.717, 1.165) is 0 Å². The first-order valence-electron chi connectivity index (χ1n) is 2.56. The van der Waals surface area contributed by atoms with Crippen LogP contribution in [0, 0.1) is 0 Å². The second kappa shape index (κ2) is 2.38. The number of rotatable bonds is 2. The predicted octanol–water partition coefficient (Wildman–Crippen LogP) is 0.116. The lowest BCUT2D eigenvalue weighted by molar-refractivity contribution is 0.0690. The van der Waals surface area contributed by atoms with Crippen LogP contribution in [-0.4, -0.2) is 28.2 Å². The van der Waals surface area contributed by atoms with E-state index >= 15 is 0 Å². The lowest BCUT2D eigenvalue weighted by atomic mass is 10.5. The molecule has 0 aliphatic heterocycles. The molecular formula is C5H6N2O3. The number of hydrogen-bond donors (Lipinski definition) is 2. The minimum absolute atomic E-state index is 0.0249. The van der Waals surface area contributed by atoms with Gasteiger partial charge in [0.2, 0.25) is 0 Å². The molecule has 0 aliphatic rings. The van der Waals surface area contributed by atoms with Crippen molar-refractivity contribution in [2.24, 2.45) is 0 Å². The molecule has 0 radical (unpaired) electrons. The average molecular weight is 142 g/mol. The Morgan fingerprint density at radius 1 is 1.90 bits per heavy atom. The Kier molecular flexibility index (Phi) is 1.57. The van der Waals surface area contributed by atoms with Gasteiger partial charge >= 0.3 is 5.97 Å². The lowest BCUT2D eigenvalue weighted by Gasteiger charge is -1.88. The van der Waals surface area contributed by atoms with E-state index in [4.69, 9.17) is 5.11 Å². The molecule has 0 aromatic carbocycles. The van der Waals surface area contributed by atoms with Crippen LogP contribution in [-0.2, 0) is 0 Å². The minimum Gasteiger partial charge on any atom is -0.477 e. The van der Waals surface area contributed by atoms with Crippen LogP contribution in [0.25, 0.3) is 0 Å². The maximum atomic E-state index is 10.2. The molecule has 5 nitrogen and oxygen atoms in total. The fourth-order valence-electron chi connectivity index (χ4n) is 0.515. The van der Waals surface area contributed by atoms with Crippen LogP contribution in [0.5, 0.6) is 6.01 Å². The molecule has 2 N–H and O–H groups in total. The van der Waals surface area contributed by atoms with Gasteiger partial charge in [0.25, 0.3) is 6.01 Å². The highest BCUT2D eigenvalue weighted by Gasteiger charge is 2.05. The first kappa shape index (κ1) is 6.60. The zero-order chi connectivity index (χ0) is 7.56. The van der Waals surface area contributed by atoms with Crippen molar-refractivity contribution in [3.63, 3.8) is 0 Å². The molecule has 0 amide bonds. The summed E-state index contributed by atoms with van der Waals surface area (Å²) >= 11 is 0. The SMILES string of the molecule is COc1ncc(C(=O)O)[nH]1. The largest absolute Gasteiger partial charge is 0.477 e. The first-order chi connectivity index (χ1) is 4.74. The fourth-order valence-corrected chi connectivity index (χ4v) is 0.515. The number of H-pyrrole nitrogens is 1. The van der Waals surface area contributed by atoms with Crippen molar-refractivity contribution < 1.29 is 14.6 Å². The van der Waals surface area contributed by atoms with Gasteiger partial charge < -0.3 is 14.8 Å². The summed E-state index contributed by atoms with van der Waals surface area (Å²) in [6.07, 6.45) is 1.20. The Bertz CT molecular complexity index is 243. The van der Waals surface area contributed by atoms with Crippen LogP contribution in [0.4, 0.5) is 0 Å². The maximum Gasteiger partial charge on any atom is 0.354 e. The van der Waals surface area contributed by atoms with E-state index in [2.05, 4.69) is 14.7 Å². The van der Waals surface area contributed by atoms with Crippen molar-refractivity contribution in [1.82, 2.24) is 9.97 Å². The molecule has 54 valence electrons. The number of aromatic amines is 1. The summed E-state index contributed by atoms with van der Waals surface area (Å²) in [5.41, 5.74) is 0.0249. The van der Waals surface area contributed by atoms with Gasteiger partial charge in [-0.25, -0.2) is 9.78 Å². The minimum atomic E-state index is -1.05. The molecule has 0 spiro atoms. The third-order valence-electron chi connectivity index (χ3n) is 0.976. The number of hydrogen-bond acceptors (Lipinski definition) is 3. The first-order valence-corrected chi connectivity index (χ1v) is 2.56. The van der Waals surface area contributed by atoms with E-state index in [1.54, 1.807) is 0 Å². The molecule has 5 heteroatoms. The van der Waals surface area contributed by atoms with Gasteiger partial charge in [0, 0.05) is 0 Å². The van der Waals surface area contributed by atoms with E-state index in [9.17, 15) is 4.79 Å².